The fraction of sp³-hybridized carbons (Fsp3) is 1.00. The van der Waals surface area contributed by atoms with E-state index in [2.05, 4.69) is 5.09 Å². The van der Waals surface area contributed by atoms with E-state index in [0.717, 1.165) is 19.3 Å². The van der Waals surface area contributed by atoms with E-state index in [1.165, 1.54) is 0 Å². The molecule has 0 saturated heterocycles. The number of hydrogen-bond acceptors (Lipinski definition) is 9. The van der Waals surface area contributed by atoms with Gasteiger partial charge in [-0.05, 0) is 146 Å². The van der Waals surface area contributed by atoms with E-state index >= 15 is 0 Å². The third kappa shape index (κ3) is 12.6. The highest BCUT2D eigenvalue weighted by Crippen LogP contribution is 2.68. The third-order valence-corrected chi connectivity index (χ3v) is 18.6. The van der Waals surface area contributed by atoms with Crippen LogP contribution in [0.25, 0.3) is 0 Å². The van der Waals surface area contributed by atoms with Crippen LogP contribution in [0.3, 0.4) is 0 Å². The van der Waals surface area contributed by atoms with E-state index in [1.807, 2.05) is 76.2 Å². The predicted molar refractivity (Wildman–Crippen MR) is 195 cm³/mol. The molecule has 0 aromatic heterocycles. The van der Waals surface area contributed by atoms with Gasteiger partial charge in [0.15, 0.2) is 0 Å². The van der Waals surface area contributed by atoms with E-state index in [0.29, 0.717) is 0 Å². The van der Waals surface area contributed by atoms with Gasteiger partial charge in [0.2, 0.25) is 5.16 Å². The molecular formula is C33H68ClNO9P3+. The molecule has 0 aromatic rings. The second kappa shape index (κ2) is 16.5. The maximum atomic E-state index is 13.9. The number of rotatable bonds is 20. The minimum atomic E-state index is -3.72. The van der Waals surface area contributed by atoms with Crippen molar-refractivity contribution in [1.29, 1.82) is 0 Å². The molecule has 6 atom stereocenters. The summed E-state index contributed by atoms with van der Waals surface area (Å²) in [6, 6.07) is 0.210. The van der Waals surface area contributed by atoms with Crippen molar-refractivity contribution in [2.24, 2.45) is 0 Å². The maximum Gasteiger partial charge on any atom is 0.517 e. The molecule has 47 heavy (non-hydrogen) atoms. The van der Waals surface area contributed by atoms with Gasteiger partial charge < -0.3 is 23.3 Å². The Balaban J connectivity index is 2.81. The van der Waals surface area contributed by atoms with Gasteiger partial charge in [-0.1, -0.05) is 6.42 Å². The molecule has 0 spiro atoms. The van der Waals surface area contributed by atoms with Crippen LogP contribution < -0.4 is 5.09 Å². The molecule has 6 unspecified atom stereocenters. The summed E-state index contributed by atoms with van der Waals surface area (Å²) in [6.45, 7) is 28.2. The Kier molecular flexibility index (Phi) is 16.0. The van der Waals surface area contributed by atoms with Crippen LogP contribution in [-0.4, -0.2) is 76.4 Å². The van der Waals surface area contributed by atoms with Gasteiger partial charge in [-0.2, -0.15) is 0 Å². The normalized spacial score (nSPS) is 20.9. The standard InChI is InChI=1S/C33H68ClNO9P3/c1-24(21-41-31(12,13)33(16,17)46(34,37)43-25(2)22-39-28(4,5)6)42-45(36)32(14,15)30(10,11)40-23-26(3)44-47(38,29(7,8)9)35-27-19-18-20-27/h24-27H,18-23H2,1-17H3,(H,35,38)/q+1. The second-order valence-electron chi connectivity index (χ2n) is 17.1. The highest BCUT2D eigenvalue weighted by molar-refractivity contribution is 7.86. The van der Waals surface area contributed by atoms with Crippen molar-refractivity contribution in [1.82, 2.24) is 5.09 Å². The lowest BCUT2D eigenvalue weighted by molar-refractivity contribution is -0.0785. The van der Waals surface area contributed by atoms with Crippen molar-refractivity contribution in [3.63, 3.8) is 0 Å². The quantitative estimate of drug-likeness (QED) is 0.120. The molecule has 0 heterocycles. The van der Waals surface area contributed by atoms with Crippen LogP contribution >= 0.6 is 33.5 Å². The Hall–Kier alpha value is 0.570. The molecule has 14 heteroatoms. The zero-order valence-corrected chi connectivity index (χ0v) is 35.9. The highest BCUT2D eigenvalue weighted by Gasteiger charge is 2.57. The van der Waals surface area contributed by atoms with Gasteiger partial charge in [-0.25, -0.2) is 5.09 Å². The van der Waals surface area contributed by atoms with Crippen LogP contribution in [0.5, 0.6) is 0 Å². The van der Waals surface area contributed by atoms with Gasteiger partial charge >= 0.3 is 8.03 Å². The van der Waals surface area contributed by atoms with Crippen LogP contribution in [0, 0.1) is 0 Å². The highest BCUT2D eigenvalue weighted by atomic mass is 35.7. The molecule has 1 saturated carbocycles. The SMILES string of the molecule is CC(COC(C)(C)C(C)(C)P(=O)(Cl)OC(C)COC(C)(C)C)O[P+](=O)C(C)(C)C(C)(C)OCC(C)OP(=O)(NC1CCC1)C(C)(C)C. The summed E-state index contributed by atoms with van der Waals surface area (Å²) in [5.74, 6) is 0. The van der Waals surface area contributed by atoms with E-state index < -0.39 is 67.3 Å². The summed E-state index contributed by atoms with van der Waals surface area (Å²) >= 11 is 6.59. The molecule has 280 valence electrons. The predicted octanol–water partition coefficient (Wildman–Crippen LogP) is 10.5. The minimum Gasteiger partial charge on any atom is -0.373 e. The summed E-state index contributed by atoms with van der Waals surface area (Å²) in [6.07, 6.45) is 1.61. The first-order valence-electron chi connectivity index (χ1n) is 16.9. The summed E-state index contributed by atoms with van der Waals surface area (Å²) < 4.78 is 77.4. The smallest absolute Gasteiger partial charge is 0.373 e. The van der Waals surface area contributed by atoms with Gasteiger partial charge in [-0.3, -0.25) is 9.13 Å². The first-order valence-corrected chi connectivity index (χ1v) is 22.2. The largest absolute Gasteiger partial charge is 0.517 e. The monoisotopic (exact) mass is 750 g/mol. The maximum absolute atomic E-state index is 13.9. The summed E-state index contributed by atoms with van der Waals surface area (Å²) in [5.41, 5.74) is -2.24. The molecule has 1 rings (SSSR count). The lowest BCUT2D eigenvalue weighted by Gasteiger charge is -2.43. The zero-order chi connectivity index (χ0) is 37.1. The topological polar surface area (TPSA) is 119 Å². The number of ether oxygens (including phenoxy) is 3. The molecule has 1 fully saturated rings. The van der Waals surface area contributed by atoms with E-state index in [4.69, 9.17) is 39.0 Å². The summed E-state index contributed by atoms with van der Waals surface area (Å²) in [7, 11) is -5.41. The number of halogens is 1. The van der Waals surface area contributed by atoms with Crippen LogP contribution in [0.2, 0.25) is 0 Å². The minimum absolute atomic E-state index is 0.0788. The van der Waals surface area contributed by atoms with Gasteiger partial charge in [-0.15, -0.1) is 4.52 Å². The molecule has 1 aliphatic rings. The Morgan fingerprint density at radius 1 is 0.723 bits per heavy atom. The Bertz CT molecular complexity index is 1130. The fourth-order valence-corrected chi connectivity index (χ4v) is 9.82. The fourth-order valence-electron chi connectivity index (χ4n) is 4.08. The molecule has 0 aromatic carbocycles. The first kappa shape index (κ1) is 45.6. The molecule has 0 radical (unpaired) electrons. The Morgan fingerprint density at radius 2 is 1.17 bits per heavy atom. The van der Waals surface area contributed by atoms with Crippen molar-refractivity contribution in [3.05, 3.63) is 0 Å². The Morgan fingerprint density at radius 3 is 1.62 bits per heavy atom. The molecular weight excluding hydrogens is 683 g/mol. The molecule has 0 bridgehead atoms. The molecule has 0 amide bonds. The zero-order valence-electron chi connectivity index (χ0n) is 32.4. The summed E-state index contributed by atoms with van der Waals surface area (Å²) in [5, 5.41) is 0.724. The Labute approximate surface area is 292 Å². The van der Waals surface area contributed by atoms with Crippen LogP contribution in [0.15, 0.2) is 0 Å². The van der Waals surface area contributed by atoms with Crippen molar-refractivity contribution < 1.29 is 41.5 Å². The lowest BCUT2D eigenvalue weighted by atomic mass is 9.93. The van der Waals surface area contributed by atoms with Gasteiger partial charge in [0.05, 0.1) is 53.5 Å². The van der Waals surface area contributed by atoms with Crippen molar-refractivity contribution >= 4 is 33.5 Å². The first-order chi connectivity index (χ1) is 20.8. The average molecular weight is 751 g/mol. The van der Waals surface area contributed by atoms with Crippen LogP contribution in [-0.2, 0) is 41.5 Å². The molecule has 1 N–H and O–H groups in total. The summed E-state index contributed by atoms with van der Waals surface area (Å²) in [4.78, 5) is 0. The van der Waals surface area contributed by atoms with Crippen molar-refractivity contribution in [2.45, 2.75) is 194 Å². The molecule has 1 aliphatic carbocycles. The average Bonchev–Trinajstić information content (AvgIpc) is 2.85. The van der Waals surface area contributed by atoms with E-state index in [-0.39, 0.29) is 31.5 Å². The van der Waals surface area contributed by atoms with Crippen LogP contribution in [0.1, 0.15) is 137 Å². The van der Waals surface area contributed by atoms with Crippen LogP contribution in [0.4, 0.5) is 0 Å². The van der Waals surface area contributed by atoms with Gasteiger partial charge in [0, 0.05) is 6.04 Å². The van der Waals surface area contributed by atoms with Gasteiger partial charge in [0.1, 0.15) is 11.7 Å². The molecule has 10 nitrogen and oxygen atoms in total. The van der Waals surface area contributed by atoms with Crippen molar-refractivity contribution in [3.8, 4) is 0 Å². The van der Waals surface area contributed by atoms with Crippen molar-refractivity contribution in [2.75, 3.05) is 19.8 Å². The van der Waals surface area contributed by atoms with E-state index in [9.17, 15) is 13.7 Å². The third-order valence-electron chi connectivity index (χ3n) is 9.44. The lowest BCUT2D eigenvalue weighted by Crippen LogP contribution is -2.48. The van der Waals surface area contributed by atoms with E-state index in [1.54, 1.807) is 41.5 Å². The second-order valence-corrected chi connectivity index (χ2v) is 25.5. The number of hydrogen-bond donors (Lipinski definition) is 1. The molecule has 0 aliphatic heterocycles. The number of nitrogens with one attached hydrogen (secondary N) is 1. The van der Waals surface area contributed by atoms with Gasteiger partial charge in [0.25, 0.3) is 14.2 Å².